The van der Waals surface area contributed by atoms with Gasteiger partial charge in [0.15, 0.2) is 5.96 Å². The van der Waals surface area contributed by atoms with Crippen LogP contribution >= 0.6 is 0 Å². The lowest BCUT2D eigenvalue weighted by Gasteiger charge is -2.29. The quantitative estimate of drug-likeness (QED) is 0.395. The second kappa shape index (κ2) is 9.34. The number of nitrogens with two attached hydrogens (primary N) is 1. The molecule has 1 aromatic carbocycles. The molecule has 1 aliphatic heterocycles. The molecule has 1 heterocycles. The number of aliphatic imine (C=N–C) groups is 1. The van der Waals surface area contributed by atoms with Gasteiger partial charge in [-0.05, 0) is 37.9 Å². The number of rotatable bonds is 7. The fourth-order valence-corrected chi connectivity index (χ4v) is 2.73. The lowest BCUT2D eigenvalue weighted by atomic mass is 10.1. The molecule has 0 unspecified atom stereocenters. The summed E-state index contributed by atoms with van der Waals surface area (Å²) < 4.78 is 10.5. The number of aliphatic hydroxyl groups excluding tert-OH is 1. The Labute approximate surface area is 143 Å². The van der Waals surface area contributed by atoms with Gasteiger partial charge in [-0.1, -0.05) is 0 Å². The first-order valence-corrected chi connectivity index (χ1v) is 8.31. The van der Waals surface area contributed by atoms with E-state index in [1.165, 1.54) is 0 Å². The molecule has 1 aliphatic rings. The van der Waals surface area contributed by atoms with Crippen LogP contribution in [0.3, 0.4) is 0 Å². The molecule has 7 nitrogen and oxygen atoms in total. The maximum Gasteiger partial charge on any atom is 0.193 e. The van der Waals surface area contributed by atoms with E-state index in [1.54, 1.807) is 14.2 Å². The second-order valence-electron chi connectivity index (χ2n) is 5.88. The summed E-state index contributed by atoms with van der Waals surface area (Å²) in [4.78, 5) is 6.72. The van der Waals surface area contributed by atoms with Gasteiger partial charge in [-0.2, -0.15) is 0 Å². The number of hydrogen-bond donors (Lipinski definition) is 3. The molecule has 0 aliphatic carbocycles. The number of ether oxygens (including phenoxy) is 2. The zero-order valence-corrected chi connectivity index (χ0v) is 14.5. The van der Waals surface area contributed by atoms with Crippen molar-refractivity contribution in [3.63, 3.8) is 0 Å². The van der Waals surface area contributed by atoms with Crippen LogP contribution in [0.5, 0.6) is 11.5 Å². The van der Waals surface area contributed by atoms with Crippen LogP contribution in [0.2, 0.25) is 0 Å². The fraction of sp³-hybridized carbons (Fsp3) is 0.588. The van der Waals surface area contributed by atoms with E-state index in [9.17, 15) is 5.11 Å². The monoisotopic (exact) mass is 336 g/mol. The molecule has 0 amide bonds. The van der Waals surface area contributed by atoms with Crippen LogP contribution in [-0.4, -0.2) is 62.5 Å². The minimum Gasteiger partial charge on any atom is -0.497 e. The smallest absolute Gasteiger partial charge is 0.193 e. The van der Waals surface area contributed by atoms with E-state index < -0.39 is 0 Å². The van der Waals surface area contributed by atoms with Crippen LogP contribution in [-0.2, 0) is 0 Å². The Kier molecular flexibility index (Phi) is 7.14. The average Bonchev–Trinajstić information content (AvgIpc) is 2.60. The maximum atomic E-state index is 9.50. The highest BCUT2D eigenvalue weighted by atomic mass is 16.5. The number of benzene rings is 1. The Morgan fingerprint density at radius 1 is 1.33 bits per heavy atom. The molecule has 1 saturated heterocycles. The molecule has 134 valence electrons. The number of aliphatic hydroxyl groups is 1. The summed E-state index contributed by atoms with van der Waals surface area (Å²) in [5.74, 6) is 1.76. The Bertz CT molecular complexity index is 543. The summed E-state index contributed by atoms with van der Waals surface area (Å²) in [7, 11) is 3.22. The third-order valence-corrected chi connectivity index (χ3v) is 4.14. The van der Waals surface area contributed by atoms with Gasteiger partial charge in [0.25, 0.3) is 0 Å². The first-order chi connectivity index (χ1) is 11.6. The average molecular weight is 336 g/mol. The van der Waals surface area contributed by atoms with Crippen molar-refractivity contribution < 1.29 is 14.6 Å². The fourth-order valence-electron chi connectivity index (χ4n) is 2.73. The van der Waals surface area contributed by atoms with Crippen LogP contribution in [0, 0.1) is 0 Å². The summed E-state index contributed by atoms with van der Waals surface area (Å²) >= 11 is 0. The van der Waals surface area contributed by atoms with Crippen molar-refractivity contribution in [1.29, 1.82) is 0 Å². The molecule has 0 atom stereocenters. The summed E-state index contributed by atoms with van der Waals surface area (Å²) in [6.07, 6.45) is 2.54. The van der Waals surface area contributed by atoms with Crippen molar-refractivity contribution in [3.8, 4) is 11.5 Å². The van der Waals surface area contributed by atoms with E-state index in [0.29, 0.717) is 18.3 Å². The van der Waals surface area contributed by atoms with Crippen molar-refractivity contribution in [2.75, 3.05) is 45.7 Å². The predicted octanol–water partition coefficient (Wildman–Crippen LogP) is 1.28. The number of likely N-dealkylation sites (tertiary alicyclic amines) is 1. The van der Waals surface area contributed by atoms with Crippen LogP contribution in [0.15, 0.2) is 23.2 Å². The number of piperidine rings is 1. The normalized spacial score (nSPS) is 16.9. The number of nitrogens with one attached hydrogen (secondary N) is 1. The highest BCUT2D eigenvalue weighted by Gasteiger charge is 2.15. The second-order valence-corrected chi connectivity index (χ2v) is 5.88. The maximum absolute atomic E-state index is 9.50. The molecule has 4 N–H and O–H groups in total. The Balaban J connectivity index is 1.79. The van der Waals surface area contributed by atoms with E-state index in [0.717, 1.165) is 50.3 Å². The molecule has 1 fully saturated rings. The molecular weight excluding hydrogens is 308 g/mol. The molecule has 1 aromatic rings. The van der Waals surface area contributed by atoms with Crippen molar-refractivity contribution in [3.05, 3.63) is 18.2 Å². The third-order valence-electron chi connectivity index (χ3n) is 4.14. The zero-order chi connectivity index (χ0) is 17.4. The van der Waals surface area contributed by atoms with Gasteiger partial charge in [0.1, 0.15) is 11.5 Å². The molecule has 0 saturated carbocycles. The lowest BCUT2D eigenvalue weighted by Crippen LogP contribution is -2.36. The SMILES string of the molecule is COc1ccc(OC)c(NC(N)=NCCCN2CCC(O)CC2)c1. The number of hydrogen-bond acceptors (Lipinski definition) is 5. The third kappa shape index (κ3) is 5.58. The summed E-state index contributed by atoms with van der Waals surface area (Å²) in [6.45, 7) is 3.55. The van der Waals surface area contributed by atoms with Gasteiger partial charge in [-0.3, -0.25) is 4.99 Å². The van der Waals surface area contributed by atoms with Crippen LogP contribution in [0.25, 0.3) is 0 Å². The van der Waals surface area contributed by atoms with Crippen molar-refractivity contribution in [1.82, 2.24) is 4.90 Å². The van der Waals surface area contributed by atoms with E-state index in [1.807, 2.05) is 18.2 Å². The van der Waals surface area contributed by atoms with Crippen LogP contribution in [0.1, 0.15) is 19.3 Å². The van der Waals surface area contributed by atoms with E-state index in [-0.39, 0.29) is 6.10 Å². The van der Waals surface area contributed by atoms with E-state index >= 15 is 0 Å². The lowest BCUT2D eigenvalue weighted by molar-refractivity contribution is 0.0824. The molecule has 0 aromatic heterocycles. The van der Waals surface area contributed by atoms with Gasteiger partial charge < -0.3 is 30.5 Å². The number of anilines is 1. The van der Waals surface area contributed by atoms with Crippen LogP contribution < -0.4 is 20.5 Å². The molecule has 7 heteroatoms. The van der Waals surface area contributed by atoms with Gasteiger partial charge in [-0.25, -0.2) is 0 Å². The highest BCUT2D eigenvalue weighted by Crippen LogP contribution is 2.28. The standard InChI is InChI=1S/C17H28N4O3/c1-23-14-4-5-16(24-2)15(12-14)20-17(18)19-8-3-9-21-10-6-13(22)7-11-21/h4-5,12-13,22H,3,6-11H2,1-2H3,(H3,18,19,20). The molecule has 2 rings (SSSR count). The van der Waals surface area contributed by atoms with Crippen molar-refractivity contribution >= 4 is 11.6 Å². The van der Waals surface area contributed by atoms with Crippen molar-refractivity contribution in [2.45, 2.75) is 25.4 Å². The van der Waals surface area contributed by atoms with Gasteiger partial charge in [0, 0.05) is 25.7 Å². The highest BCUT2D eigenvalue weighted by molar-refractivity contribution is 5.93. The number of guanidine groups is 1. The van der Waals surface area contributed by atoms with E-state index in [4.69, 9.17) is 15.2 Å². The predicted molar refractivity (Wildman–Crippen MR) is 96.0 cm³/mol. The first-order valence-electron chi connectivity index (χ1n) is 8.31. The van der Waals surface area contributed by atoms with E-state index in [2.05, 4.69) is 15.2 Å². The molecule has 0 spiro atoms. The Morgan fingerprint density at radius 3 is 2.75 bits per heavy atom. The topological polar surface area (TPSA) is 92.3 Å². The number of nitrogens with zero attached hydrogens (tertiary/aromatic N) is 2. The Hall–Kier alpha value is -1.99. The minimum absolute atomic E-state index is 0.128. The zero-order valence-electron chi connectivity index (χ0n) is 14.5. The largest absolute Gasteiger partial charge is 0.497 e. The summed E-state index contributed by atoms with van der Waals surface area (Å²) in [5.41, 5.74) is 6.68. The van der Waals surface area contributed by atoms with Gasteiger partial charge >= 0.3 is 0 Å². The summed E-state index contributed by atoms with van der Waals surface area (Å²) in [5, 5.41) is 12.6. The first kappa shape index (κ1) is 18.4. The molecular formula is C17H28N4O3. The number of methoxy groups -OCH3 is 2. The van der Waals surface area contributed by atoms with Gasteiger partial charge in [0.2, 0.25) is 0 Å². The molecule has 24 heavy (non-hydrogen) atoms. The molecule has 0 bridgehead atoms. The summed E-state index contributed by atoms with van der Waals surface area (Å²) in [6, 6.07) is 5.46. The van der Waals surface area contributed by atoms with Crippen LogP contribution in [0.4, 0.5) is 5.69 Å². The molecule has 0 radical (unpaired) electrons. The van der Waals surface area contributed by atoms with Gasteiger partial charge in [-0.15, -0.1) is 0 Å². The minimum atomic E-state index is -0.128. The van der Waals surface area contributed by atoms with Gasteiger partial charge in [0.05, 0.1) is 26.0 Å². The van der Waals surface area contributed by atoms with Crippen molar-refractivity contribution in [2.24, 2.45) is 10.7 Å². The Morgan fingerprint density at radius 2 is 2.08 bits per heavy atom.